The second-order valence-corrected chi connectivity index (χ2v) is 10.6. The Hall–Kier alpha value is -5.74. The van der Waals surface area contributed by atoms with Gasteiger partial charge in [-0.25, -0.2) is 9.59 Å². The Balaban J connectivity index is 1.49. The molecular weight excluding hydrogens is 544 g/mol. The summed E-state index contributed by atoms with van der Waals surface area (Å²) in [5.41, 5.74) is 4.08. The first-order valence-corrected chi connectivity index (χ1v) is 14.4. The standard InChI is InChI=1S/C40H30O4/c1-27(25-29-13-5-3-6-14-29)39(41)43-35-23-21-31-17-9-11-19-33(31)37(35)38-34-20-12-10-18-32(34)22-24-36(38)44-40(42)28(2)26-30-15-7-4-8-16-30/h3-26H,1-2H3/b27-25+,28-26+. The van der Waals surface area contributed by atoms with E-state index in [1.807, 2.05) is 121 Å². The summed E-state index contributed by atoms with van der Waals surface area (Å²) in [6, 6.07) is 42.6. The lowest BCUT2D eigenvalue weighted by Crippen LogP contribution is -2.12. The van der Waals surface area contributed by atoms with Gasteiger partial charge in [0.2, 0.25) is 0 Å². The third kappa shape index (κ3) is 6.06. The number of esters is 2. The average molecular weight is 575 g/mol. The molecule has 4 nitrogen and oxygen atoms in total. The van der Waals surface area contributed by atoms with E-state index in [2.05, 4.69) is 0 Å². The second-order valence-electron chi connectivity index (χ2n) is 10.6. The molecule has 4 heteroatoms. The summed E-state index contributed by atoms with van der Waals surface area (Å²) < 4.78 is 12.2. The molecule has 0 fully saturated rings. The summed E-state index contributed by atoms with van der Waals surface area (Å²) in [6.07, 6.45) is 3.60. The monoisotopic (exact) mass is 574 g/mol. The van der Waals surface area contributed by atoms with Crippen molar-refractivity contribution < 1.29 is 19.1 Å². The van der Waals surface area contributed by atoms with Crippen LogP contribution < -0.4 is 9.47 Å². The minimum atomic E-state index is -0.467. The van der Waals surface area contributed by atoms with E-state index in [4.69, 9.17) is 9.47 Å². The van der Waals surface area contributed by atoms with Gasteiger partial charge in [-0.1, -0.05) is 121 Å². The molecule has 6 aromatic carbocycles. The van der Waals surface area contributed by atoms with E-state index in [-0.39, 0.29) is 0 Å². The van der Waals surface area contributed by atoms with Crippen molar-refractivity contribution in [1.82, 2.24) is 0 Å². The smallest absolute Gasteiger partial charge is 0.339 e. The third-order valence-corrected chi connectivity index (χ3v) is 7.45. The largest absolute Gasteiger partial charge is 0.422 e. The second kappa shape index (κ2) is 12.6. The van der Waals surface area contributed by atoms with Crippen molar-refractivity contribution >= 4 is 45.6 Å². The molecule has 0 aliphatic rings. The fourth-order valence-electron chi connectivity index (χ4n) is 5.27. The Labute approximate surface area is 256 Å². The van der Waals surface area contributed by atoms with Gasteiger partial charge in [-0.15, -0.1) is 0 Å². The van der Waals surface area contributed by atoms with Crippen molar-refractivity contribution in [2.24, 2.45) is 0 Å². The van der Waals surface area contributed by atoms with E-state index in [0.29, 0.717) is 33.8 Å². The fraction of sp³-hybridized carbons (Fsp3) is 0.0500. The quantitative estimate of drug-likeness (QED) is 0.108. The van der Waals surface area contributed by atoms with Crippen molar-refractivity contribution in [1.29, 1.82) is 0 Å². The number of rotatable bonds is 7. The number of hydrogen-bond donors (Lipinski definition) is 0. The molecule has 0 bridgehead atoms. The minimum absolute atomic E-state index is 0.375. The van der Waals surface area contributed by atoms with Crippen LogP contribution in [0, 0.1) is 0 Å². The number of hydrogen-bond acceptors (Lipinski definition) is 4. The first kappa shape index (κ1) is 28.4. The zero-order valence-corrected chi connectivity index (χ0v) is 24.5. The lowest BCUT2D eigenvalue weighted by atomic mass is 9.92. The zero-order valence-electron chi connectivity index (χ0n) is 24.5. The van der Waals surface area contributed by atoms with Gasteiger partial charge in [0.25, 0.3) is 0 Å². The normalized spacial score (nSPS) is 11.9. The molecule has 0 atom stereocenters. The molecule has 0 saturated carbocycles. The van der Waals surface area contributed by atoms with Crippen LogP contribution in [0.5, 0.6) is 11.5 Å². The molecule has 0 N–H and O–H groups in total. The molecule has 6 aromatic rings. The van der Waals surface area contributed by atoms with Crippen LogP contribution >= 0.6 is 0 Å². The molecule has 0 aliphatic carbocycles. The number of carbonyl (C=O) groups excluding carboxylic acids is 2. The predicted molar refractivity (Wildman–Crippen MR) is 178 cm³/mol. The van der Waals surface area contributed by atoms with Gasteiger partial charge in [-0.2, -0.15) is 0 Å². The van der Waals surface area contributed by atoms with E-state index in [0.717, 1.165) is 32.7 Å². The SMILES string of the molecule is C/C(=C\c1ccccc1)C(=O)Oc1ccc2ccccc2c1-c1c(OC(=O)/C(C)=C/c2ccccc2)ccc2ccccc12. The van der Waals surface area contributed by atoms with Crippen molar-refractivity contribution in [3.05, 3.63) is 156 Å². The molecule has 214 valence electrons. The van der Waals surface area contributed by atoms with Crippen molar-refractivity contribution in [3.63, 3.8) is 0 Å². The van der Waals surface area contributed by atoms with Crippen molar-refractivity contribution in [2.75, 3.05) is 0 Å². The maximum Gasteiger partial charge on any atom is 0.339 e. The summed E-state index contributed by atoms with van der Waals surface area (Å²) >= 11 is 0. The van der Waals surface area contributed by atoms with Gasteiger partial charge in [-0.05, 0) is 70.8 Å². The summed E-state index contributed by atoms with van der Waals surface area (Å²) in [4.78, 5) is 26.9. The average Bonchev–Trinajstić information content (AvgIpc) is 3.05. The Morgan fingerprint density at radius 1 is 0.455 bits per heavy atom. The van der Waals surface area contributed by atoms with Crippen LogP contribution in [0.4, 0.5) is 0 Å². The maximum absolute atomic E-state index is 13.4. The molecule has 0 heterocycles. The summed E-state index contributed by atoms with van der Waals surface area (Å²) in [6.45, 7) is 3.48. The van der Waals surface area contributed by atoms with Gasteiger partial charge in [0, 0.05) is 22.3 Å². The molecule has 0 amide bonds. The summed E-state index contributed by atoms with van der Waals surface area (Å²) in [7, 11) is 0. The van der Waals surface area contributed by atoms with Gasteiger partial charge in [0.1, 0.15) is 11.5 Å². The van der Waals surface area contributed by atoms with E-state index in [1.54, 1.807) is 38.1 Å². The van der Waals surface area contributed by atoms with Crippen LogP contribution in [-0.4, -0.2) is 11.9 Å². The molecule has 0 spiro atoms. The summed E-state index contributed by atoms with van der Waals surface area (Å²) in [5.74, 6) is -0.184. The lowest BCUT2D eigenvalue weighted by Gasteiger charge is -2.19. The molecule has 0 aliphatic heterocycles. The van der Waals surface area contributed by atoms with Crippen molar-refractivity contribution in [3.8, 4) is 22.6 Å². The summed E-state index contributed by atoms with van der Waals surface area (Å²) in [5, 5.41) is 3.66. The van der Waals surface area contributed by atoms with E-state index >= 15 is 0 Å². The highest BCUT2D eigenvalue weighted by Crippen LogP contribution is 2.45. The van der Waals surface area contributed by atoms with Crippen molar-refractivity contribution in [2.45, 2.75) is 13.8 Å². The maximum atomic E-state index is 13.4. The van der Waals surface area contributed by atoms with Gasteiger partial charge >= 0.3 is 11.9 Å². The first-order chi connectivity index (χ1) is 21.5. The van der Waals surface area contributed by atoms with Crippen LogP contribution in [0.15, 0.2) is 145 Å². The van der Waals surface area contributed by atoms with E-state index < -0.39 is 11.9 Å². The zero-order chi connectivity index (χ0) is 30.5. The number of benzene rings is 6. The molecular formula is C40H30O4. The predicted octanol–water partition coefficient (Wildman–Crippen LogP) is 9.68. The van der Waals surface area contributed by atoms with Gasteiger partial charge in [0.05, 0.1) is 0 Å². The molecule has 44 heavy (non-hydrogen) atoms. The van der Waals surface area contributed by atoms with Crippen LogP contribution in [0.1, 0.15) is 25.0 Å². The van der Waals surface area contributed by atoms with Crippen LogP contribution in [0.25, 0.3) is 44.8 Å². The Morgan fingerprint density at radius 3 is 1.23 bits per heavy atom. The Kier molecular flexibility index (Phi) is 8.15. The molecule has 0 aromatic heterocycles. The van der Waals surface area contributed by atoms with Gasteiger partial charge in [-0.3, -0.25) is 0 Å². The van der Waals surface area contributed by atoms with Gasteiger partial charge in [0.15, 0.2) is 0 Å². The topological polar surface area (TPSA) is 52.6 Å². The molecule has 0 saturated heterocycles. The van der Waals surface area contributed by atoms with Crippen LogP contribution in [0.3, 0.4) is 0 Å². The minimum Gasteiger partial charge on any atom is -0.422 e. The highest BCUT2D eigenvalue weighted by molar-refractivity contribution is 6.11. The third-order valence-electron chi connectivity index (χ3n) is 7.45. The molecule has 0 radical (unpaired) electrons. The number of carbonyl (C=O) groups is 2. The lowest BCUT2D eigenvalue weighted by molar-refractivity contribution is -0.130. The van der Waals surface area contributed by atoms with Gasteiger partial charge < -0.3 is 9.47 Å². The van der Waals surface area contributed by atoms with E-state index in [9.17, 15) is 9.59 Å². The number of fused-ring (bicyclic) bond motifs is 2. The molecule has 0 unspecified atom stereocenters. The Morgan fingerprint density at radius 2 is 0.818 bits per heavy atom. The first-order valence-electron chi connectivity index (χ1n) is 14.4. The highest BCUT2D eigenvalue weighted by atomic mass is 16.5. The number of ether oxygens (including phenoxy) is 2. The van der Waals surface area contributed by atoms with Crippen LogP contribution in [0.2, 0.25) is 0 Å². The Bertz CT molecular complexity index is 1900. The van der Waals surface area contributed by atoms with E-state index in [1.165, 1.54) is 0 Å². The molecule has 6 rings (SSSR count). The van der Waals surface area contributed by atoms with Crippen LogP contribution in [-0.2, 0) is 9.59 Å². The highest BCUT2D eigenvalue weighted by Gasteiger charge is 2.22. The fourth-order valence-corrected chi connectivity index (χ4v) is 5.27.